The molecule has 2 N–H and O–H groups in total. The number of nitrogens with one attached hydrogen (secondary N) is 1. The van der Waals surface area contributed by atoms with Gasteiger partial charge in [0.1, 0.15) is 12.4 Å². The molecular weight excluding hydrogens is 316 g/mol. The molecule has 0 aromatic heterocycles. The summed E-state index contributed by atoms with van der Waals surface area (Å²) in [7, 11) is 0. The van der Waals surface area contributed by atoms with Crippen molar-refractivity contribution in [3.05, 3.63) is 65.2 Å². The number of nitriles is 1. The molecule has 1 unspecified atom stereocenters. The zero-order valence-corrected chi connectivity index (χ0v) is 14.4. The predicted octanol–water partition coefficient (Wildman–Crippen LogP) is 2.88. The third kappa shape index (κ3) is 5.63. The highest BCUT2D eigenvalue weighted by Crippen LogP contribution is 2.15. The van der Waals surface area contributed by atoms with Crippen LogP contribution in [0.2, 0.25) is 0 Å². The third-order valence-electron chi connectivity index (χ3n) is 3.80. The lowest BCUT2D eigenvalue weighted by molar-refractivity contribution is 0.0871. The minimum atomic E-state index is -0.567. The standard InChI is InChI=1S/C20H22N2O3/c1-14(2)19(23)12-22-20(24)17-7-3-6-16(9-17)13-25-18-8-4-5-15(10-18)11-21/h3-10,14,19,23H,12-13H2,1-2H3,(H,22,24). The van der Waals surface area contributed by atoms with E-state index in [9.17, 15) is 9.90 Å². The van der Waals surface area contributed by atoms with E-state index < -0.39 is 6.10 Å². The molecule has 0 aliphatic carbocycles. The molecule has 0 fully saturated rings. The van der Waals surface area contributed by atoms with Crippen molar-refractivity contribution in [3.8, 4) is 11.8 Å². The van der Waals surface area contributed by atoms with Crippen molar-refractivity contribution in [2.45, 2.75) is 26.6 Å². The van der Waals surface area contributed by atoms with Crippen LogP contribution < -0.4 is 10.1 Å². The topological polar surface area (TPSA) is 82.3 Å². The number of hydrogen-bond acceptors (Lipinski definition) is 4. The predicted molar refractivity (Wildman–Crippen MR) is 95.1 cm³/mol. The molecule has 2 rings (SSSR count). The quantitative estimate of drug-likeness (QED) is 0.813. The van der Waals surface area contributed by atoms with Gasteiger partial charge >= 0.3 is 0 Å². The molecule has 130 valence electrons. The van der Waals surface area contributed by atoms with Gasteiger partial charge in [0.05, 0.1) is 17.7 Å². The lowest BCUT2D eigenvalue weighted by atomic mass is 10.1. The van der Waals surface area contributed by atoms with Gasteiger partial charge < -0.3 is 15.2 Å². The summed E-state index contributed by atoms with van der Waals surface area (Å²) >= 11 is 0. The average Bonchev–Trinajstić information content (AvgIpc) is 2.64. The maximum Gasteiger partial charge on any atom is 0.251 e. The van der Waals surface area contributed by atoms with Crippen LogP contribution in [0.3, 0.4) is 0 Å². The molecule has 0 aliphatic heterocycles. The summed E-state index contributed by atoms with van der Waals surface area (Å²) in [6, 6.07) is 16.1. The summed E-state index contributed by atoms with van der Waals surface area (Å²) in [4.78, 5) is 12.2. The van der Waals surface area contributed by atoms with Crippen LogP contribution in [0.5, 0.6) is 5.75 Å². The third-order valence-corrected chi connectivity index (χ3v) is 3.80. The van der Waals surface area contributed by atoms with E-state index in [2.05, 4.69) is 11.4 Å². The van der Waals surface area contributed by atoms with Gasteiger partial charge in [0.15, 0.2) is 0 Å². The Morgan fingerprint density at radius 2 is 2.00 bits per heavy atom. The maximum atomic E-state index is 12.2. The van der Waals surface area contributed by atoms with Gasteiger partial charge in [-0.3, -0.25) is 4.79 Å². The number of hydrogen-bond donors (Lipinski definition) is 2. The van der Waals surface area contributed by atoms with Gasteiger partial charge in [-0.2, -0.15) is 5.26 Å². The van der Waals surface area contributed by atoms with Crippen LogP contribution in [0.15, 0.2) is 48.5 Å². The second kappa shape index (κ2) is 8.86. The fraction of sp³-hybridized carbons (Fsp3) is 0.300. The van der Waals surface area contributed by atoms with Gasteiger partial charge in [-0.05, 0) is 41.8 Å². The van der Waals surface area contributed by atoms with Gasteiger partial charge in [-0.25, -0.2) is 0 Å². The first-order valence-corrected chi connectivity index (χ1v) is 8.17. The summed E-state index contributed by atoms with van der Waals surface area (Å²) in [5.41, 5.74) is 1.90. The first-order valence-electron chi connectivity index (χ1n) is 8.17. The van der Waals surface area contributed by atoms with E-state index in [4.69, 9.17) is 10.00 Å². The molecule has 0 heterocycles. The number of rotatable bonds is 7. The number of ether oxygens (including phenoxy) is 1. The molecule has 0 bridgehead atoms. The zero-order valence-electron chi connectivity index (χ0n) is 14.4. The minimum absolute atomic E-state index is 0.0872. The first-order chi connectivity index (χ1) is 12.0. The van der Waals surface area contributed by atoms with Gasteiger partial charge in [0.2, 0.25) is 0 Å². The number of amides is 1. The van der Waals surface area contributed by atoms with E-state index in [0.29, 0.717) is 23.5 Å². The van der Waals surface area contributed by atoms with E-state index in [1.165, 1.54) is 0 Å². The average molecular weight is 338 g/mol. The van der Waals surface area contributed by atoms with Crippen molar-refractivity contribution < 1.29 is 14.6 Å². The smallest absolute Gasteiger partial charge is 0.251 e. The number of carbonyl (C=O) groups is 1. The Bertz CT molecular complexity index is 766. The summed E-state index contributed by atoms with van der Waals surface area (Å²) in [6.07, 6.45) is -0.567. The molecule has 1 atom stereocenters. The van der Waals surface area contributed by atoms with Crippen molar-refractivity contribution >= 4 is 5.91 Å². The zero-order chi connectivity index (χ0) is 18.2. The number of carbonyl (C=O) groups excluding carboxylic acids is 1. The molecule has 5 heteroatoms. The Labute approximate surface area is 147 Å². The Morgan fingerprint density at radius 3 is 2.72 bits per heavy atom. The van der Waals surface area contributed by atoms with Gasteiger partial charge in [0.25, 0.3) is 5.91 Å². The van der Waals surface area contributed by atoms with Crippen molar-refractivity contribution in [1.82, 2.24) is 5.32 Å². The molecule has 2 aromatic rings. The van der Waals surface area contributed by atoms with E-state index in [1.807, 2.05) is 19.9 Å². The Balaban J connectivity index is 1.96. The van der Waals surface area contributed by atoms with Crippen molar-refractivity contribution in [3.63, 3.8) is 0 Å². The van der Waals surface area contributed by atoms with Crippen LogP contribution in [-0.2, 0) is 6.61 Å². The molecule has 25 heavy (non-hydrogen) atoms. The molecule has 1 amide bonds. The number of aliphatic hydroxyl groups is 1. The van der Waals surface area contributed by atoms with Crippen molar-refractivity contribution in [2.75, 3.05) is 6.54 Å². The maximum absolute atomic E-state index is 12.2. The van der Waals surface area contributed by atoms with Crippen molar-refractivity contribution in [1.29, 1.82) is 5.26 Å². The van der Waals surface area contributed by atoms with Crippen LogP contribution in [0.4, 0.5) is 0 Å². The number of nitrogens with zero attached hydrogens (tertiary/aromatic N) is 1. The summed E-state index contributed by atoms with van der Waals surface area (Å²) in [5.74, 6) is 0.464. The normalized spacial score (nSPS) is 11.6. The highest BCUT2D eigenvalue weighted by molar-refractivity contribution is 5.94. The van der Waals surface area contributed by atoms with Crippen LogP contribution in [0.25, 0.3) is 0 Å². The van der Waals surface area contributed by atoms with Crippen molar-refractivity contribution in [2.24, 2.45) is 5.92 Å². The molecule has 5 nitrogen and oxygen atoms in total. The van der Waals surface area contributed by atoms with Gasteiger partial charge in [0, 0.05) is 12.1 Å². The Hall–Kier alpha value is -2.84. The SMILES string of the molecule is CC(C)C(O)CNC(=O)c1cccc(COc2cccc(C#N)c2)c1. The van der Waals surface area contributed by atoms with Crippen LogP contribution in [-0.4, -0.2) is 23.7 Å². The fourth-order valence-electron chi connectivity index (χ4n) is 2.16. The molecule has 0 aliphatic rings. The molecular formula is C20H22N2O3. The van der Waals surface area contributed by atoms with Gasteiger partial charge in [-0.1, -0.05) is 32.0 Å². The lowest BCUT2D eigenvalue weighted by Crippen LogP contribution is -2.34. The van der Waals surface area contributed by atoms with E-state index in [0.717, 1.165) is 5.56 Å². The van der Waals surface area contributed by atoms with E-state index >= 15 is 0 Å². The molecule has 0 saturated carbocycles. The van der Waals surface area contributed by atoms with E-state index in [1.54, 1.807) is 42.5 Å². The molecule has 0 saturated heterocycles. The van der Waals surface area contributed by atoms with Crippen LogP contribution in [0, 0.1) is 17.2 Å². The highest BCUT2D eigenvalue weighted by atomic mass is 16.5. The lowest BCUT2D eigenvalue weighted by Gasteiger charge is -2.15. The number of aliphatic hydroxyl groups excluding tert-OH is 1. The summed E-state index contributed by atoms with van der Waals surface area (Å²) in [6.45, 7) is 4.31. The summed E-state index contributed by atoms with van der Waals surface area (Å²) in [5, 5.41) is 21.4. The first kappa shape index (κ1) is 18.5. The Morgan fingerprint density at radius 1 is 1.24 bits per heavy atom. The Kier molecular flexibility index (Phi) is 6.55. The van der Waals surface area contributed by atoms with E-state index in [-0.39, 0.29) is 18.4 Å². The summed E-state index contributed by atoms with van der Waals surface area (Å²) < 4.78 is 5.68. The number of benzene rings is 2. The monoisotopic (exact) mass is 338 g/mol. The van der Waals surface area contributed by atoms with Crippen LogP contribution >= 0.6 is 0 Å². The molecule has 0 radical (unpaired) electrons. The minimum Gasteiger partial charge on any atom is -0.489 e. The fourth-order valence-corrected chi connectivity index (χ4v) is 2.16. The molecule has 2 aromatic carbocycles. The van der Waals surface area contributed by atoms with Gasteiger partial charge in [-0.15, -0.1) is 0 Å². The highest BCUT2D eigenvalue weighted by Gasteiger charge is 2.12. The second-order valence-electron chi connectivity index (χ2n) is 6.15. The second-order valence-corrected chi connectivity index (χ2v) is 6.15. The largest absolute Gasteiger partial charge is 0.489 e. The van der Waals surface area contributed by atoms with Crippen LogP contribution in [0.1, 0.15) is 35.3 Å². The molecule has 0 spiro atoms.